The lowest BCUT2D eigenvalue weighted by molar-refractivity contribution is -0.0982. The van der Waals surface area contributed by atoms with Crippen LogP contribution in [-0.2, 0) is 4.65 Å². The minimum Gasteiger partial charge on any atom is -0.423 e. The minimum atomic E-state index is -1.15. The van der Waals surface area contributed by atoms with Gasteiger partial charge in [-0.1, -0.05) is 17.7 Å². The second-order valence-electron chi connectivity index (χ2n) is 5.77. The highest BCUT2D eigenvalue weighted by Gasteiger charge is 2.39. The van der Waals surface area contributed by atoms with Crippen LogP contribution >= 0.6 is 0 Å². The predicted octanol–water partition coefficient (Wildman–Crippen LogP) is 1.06. The molecule has 1 aromatic rings. The third-order valence-electron chi connectivity index (χ3n) is 3.58. The molecular formula is C14H21BO4. The van der Waals surface area contributed by atoms with Crippen molar-refractivity contribution in [2.75, 3.05) is 0 Å². The van der Waals surface area contributed by atoms with Crippen LogP contribution in [0.3, 0.4) is 0 Å². The highest BCUT2D eigenvalue weighted by atomic mass is 16.5. The summed E-state index contributed by atoms with van der Waals surface area (Å²) in [5, 5.41) is 20.2. The van der Waals surface area contributed by atoms with E-state index >= 15 is 0 Å². The molecule has 104 valence electrons. The number of carbonyl (C=O) groups is 1. The molecule has 1 rings (SSSR count). The molecule has 19 heavy (non-hydrogen) atoms. The quantitative estimate of drug-likeness (QED) is 0.616. The van der Waals surface area contributed by atoms with E-state index in [-0.39, 0.29) is 0 Å². The number of rotatable bonds is 5. The van der Waals surface area contributed by atoms with Crippen LogP contribution in [0.1, 0.15) is 43.6 Å². The Morgan fingerprint density at radius 1 is 1.26 bits per heavy atom. The lowest BCUT2D eigenvalue weighted by atomic mass is 9.74. The zero-order chi connectivity index (χ0) is 14.8. The Morgan fingerprint density at radius 2 is 1.84 bits per heavy atom. The molecule has 0 saturated heterocycles. The first kappa shape index (κ1) is 15.9. The maximum absolute atomic E-state index is 10.7. The molecule has 0 spiro atoms. The molecule has 0 atom stereocenters. The van der Waals surface area contributed by atoms with Gasteiger partial charge in [-0.3, -0.25) is 4.79 Å². The van der Waals surface area contributed by atoms with E-state index in [0.29, 0.717) is 11.0 Å². The number of aryl methyl sites for hydroxylation is 1. The Bertz CT molecular complexity index is 463. The van der Waals surface area contributed by atoms with E-state index in [4.69, 9.17) is 4.65 Å². The van der Waals surface area contributed by atoms with Gasteiger partial charge in [0.05, 0.1) is 11.2 Å². The van der Waals surface area contributed by atoms with Crippen molar-refractivity contribution in [3.05, 3.63) is 29.3 Å². The van der Waals surface area contributed by atoms with E-state index in [0.717, 1.165) is 11.8 Å². The number of hydrogen-bond acceptors (Lipinski definition) is 4. The number of aldehydes is 1. The molecule has 4 nitrogen and oxygen atoms in total. The first-order chi connectivity index (χ1) is 8.58. The van der Waals surface area contributed by atoms with Crippen LogP contribution in [0.5, 0.6) is 0 Å². The van der Waals surface area contributed by atoms with Crippen LogP contribution in [0.25, 0.3) is 0 Å². The molecule has 0 aromatic heterocycles. The van der Waals surface area contributed by atoms with E-state index < -0.39 is 18.3 Å². The summed E-state index contributed by atoms with van der Waals surface area (Å²) in [6, 6.07) is 4.97. The summed E-state index contributed by atoms with van der Waals surface area (Å²) in [6.45, 7) is 8.48. The second-order valence-corrected chi connectivity index (χ2v) is 5.77. The van der Waals surface area contributed by atoms with Crippen molar-refractivity contribution in [3.8, 4) is 0 Å². The Balaban J connectivity index is 2.96. The molecule has 0 bridgehead atoms. The van der Waals surface area contributed by atoms with E-state index in [1.807, 2.05) is 0 Å². The van der Waals surface area contributed by atoms with Gasteiger partial charge < -0.3 is 14.8 Å². The fourth-order valence-electron chi connectivity index (χ4n) is 1.54. The topological polar surface area (TPSA) is 66.8 Å². The third kappa shape index (κ3) is 3.66. The monoisotopic (exact) mass is 264 g/mol. The molecule has 0 aliphatic carbocycles. The molecule has 0 heterocycles. The predicted molar refractivity (Wildman–Crippen MR) is 75.6 cm³/mol. The Hall–Kier alpha value is -1.17. The number of carbonyl (C=O) groups excluding carboxylic acids is 1. The fraction of sp³-hybridized carbons (Fsp3) is 0.500. The summed E-state index contributed by atoms with van der Waals surface area (Å²) in [7, 11) is -1.15. The molecule has 0 radical (unpaired) electrons. The fourth-order valence-corrected chi connectivity index (χ4v) is 1.54. The van der Waals surface area contributed by atoms with Crippen molar-refractivity contribution < 1.29 is 19.6 Å². The zero-order valence-electron chi connectivity index (χ0n) is 12.1. The summed E-state index contributed by atoms with van der Waals surface area (Å²) in [6.07, 6.45) is 0.755. The molecule has 0 unspecified atom stereocenters. The van der Waals surface area contributed by atoms with Crippen LogP contribution in [0, 0.1) is 6.92 Å². The molecule has 1 aromatic carbocycles. The van der Waals surface area contributed by atoms with Crippen LogP contribution in [0.2, 0.25) is 0 Å². The van der Waals surface area contributed by atoms with Gasteiger partial charge in [0, 0.05) is 5.56 Å². The largest absolute Gasteiger partial charge is 0.491 e. The summed E-state index contributed by atoms with van der Waals surface area (Å²) < 4.78 is 5.56. The Kier molecular flexibility index (Phi) is 4.56. The zero-order valence-corrected chi connectivity index (χ0v) is 12.1. The number of hydrogen-bond donors (Lipinski definition) is 2. The van der Waals surface area contributed by atoms with Crippen LogP contribution in [0.15, 0.2) is 18.2 Å². The molecule has 0 aliphatic rings. The second kappa shape index (κ2) is 5.45. The summed E-state index contributed by atoms with van der Waals surface area (Å²) in [5.41, 5.74) is -0.103. The summed E-state index contributed by atoms with van der Waals surface area (Å²) in [4.78, 5) is 10.7. The van der Waals surface area contributed by atoms with Crippen LogP contribution in [0.4, 0.5) is 0 Å². The minimum absolute atomic E-state index is 0.551. The van der Waals surface area contributed by atoms with Gasteiger partial charge in [0.25, 0.3) is 0 Å². The normalized spacial score (nSPS) is 12.4. The maximum atomic E-state index is 10.7. The lowest BCUT2D eigenvalue weighted by Gasteiger charge is -2.38. The third-order valence-corrected chi connectivity index (χ3v) is 3.58. The van der Waals surface area contributed by atoms with Crippen molar-refractivity contribution in [2.45, 2.75) is 45.8 Å². The van der Waals surface area contributed by atoms with Crippen molar-refractivity contribution in [1.82, 2.24) is 0 Å². The average molecular weight is 264 g/mol. The van der Waals surface area contributed by atoms with E-state index in [9.17, 15) is 14.9 Å². The van der Waals surface area contributed by atoms with Crippen molar-refractivity contribution in [1.29, 1.82) is 0 Å². The maximum Gasteiger partial charge on any atom is 0.491 e. The first-order valence-corrected chi connectivity index (χ1v) is 6.22. The lowest BCUT2D eigenvalue weighted by Crippen LogP contribution is -2.53. The summed E-state index contributed by atoms with van der Waals surface area (Å²) >= 11 is 0. The Morgan fingerprint density at radius 3 is 2.26 bits per heavy atom. The molecule has 5 heteroatoms. The number of benzene rings is 1. The summed E-state index contributed by atoms with van der Waals surface area (Å²) in [5.74, 6) is 0. The first-order valence-electron chi connectivity index (χ1n) is 6.22. The van der Waals surface area contributed by atoms with Gasteiger partial charge in [-0.2, -0.15) is 0 Å². The molecular weight excluding hydrogens is 243 g/mol. The van der Waals surface area contributed by atoms with Crippen LogP contribution < -0.4 is 5.46 Å². The molecule has 0 amide bonds. The van der Waals surface area contributed by atoms with E-state index in [1.54, 1.807) is 52.8 Å². The standard InChI is InChI=1S/C14H21BO4/c1-10-8-11(9-16)6-7-12(10)15(18)19-14(4,5)13(2,3)17/h6-9,17-18H,1-5H3. The van der Waals surface area contributed by atoms with Gasteiger partial charge in [0.15, 0.2) is 0 Å². The Labute approximate surface area is 114 Å². The van der Waals surface area contributed by atoms with Gasteiger partial charge in [-0.05, 0) is 46.1 Å². The van der Waals surface area contributed by atoms with Crippen molar-refractivity contribution >= 4 is 18.9 Å². The molecule has 0 aliphatic heterocycles. The SMILES string of the molecule is Cc1cc(C=O)ccc1B(O)OC(C)(C)C(C)(C)O. The highest BCUT2D eigenvalue weighted by molar-refractivity contribution is 6.60. The van der Waals surface area contributed by atoms with Crippen molar-refractivity contribution in [2.24, 2.45) is 0 Å². The molecule has 0 fully saturated rings. The van der Waals surface area contributed by atoms with Gasteiger partial charge in [0.2, 0.25) is 0 Å². The van der Waals surface area contributed by atoms with Gasteiger partial charge >= 0.3 is 7.12 Å². The van der Waals surface area contributed by atoms with E-state index in [1.165, 1.54) is 0 Å². The number of aliphatic hydroxyl groups is 1. The van der Waals surface area contributed by atoms with Crippen molar-refractivity contribution in [3.63, 3.8) is 0 Å². The van der Waals surface area contributed by atoms with Gasteiger partial charge in [-0.15, -0.1) is 0 Å². The van der Waals surface area contributed by atoms with E-state index in [2.05, 4.69) is 0 Å². The van der Waals surface area contributed by atoms with Gasteiger partial charge in [0.1, 0.15) is 6.29 Å². The average Bonchev–Trinajstić information content (AvgIpc) is 2.26. The van der Waals surface area contributed by atoms with Crippen LogP contribution in [-0.4, -0.2) is 34.7 Å². The molecule has 2 N–H and O–H groups in total. The highest BCUT2D eigenvalue weighted by Crippen LogP contribution is 2.25. The molecule has 0 saturated carbocycles. The van der Waals surface area contributed by atoms with Gasteiger partial charge in [-0.25, -0.2) is 0 Å². The smallest absolute Gasteiger partial charge is 0.423 e.